The van der Waals surface area contributed by atoms with Crippen LogP contribution < -0.4 is 9.47 Å². The topological polar surface area (TPSA) is 141 Å². The molecule has 0 saturated carbocycles. The summed E-state index contributed by atoms with van der Waals surface area (Å²) < 4.78 is 21.4. The fraction of sp³-hybridized carbons (Fsp3) is 0.125. The number of carboxylic acids is 1. The Labute approximate surface area is 195 Å². The molecule has 1 aromatic heterocycles. The van der Waals surface area contributed by atoms with Crippen molar-refractivity contribution in [3.8, 4) is 29.3 Å². The summed E-state index contributed by atoms with van der Waals surface area (Å²) >= 11 is 0. The van der Waals surface area contributed by atoms with Crippen molar-refractivity contribution in [3.05, 3.63) is 78.3 Å². The van der Waals surface area contributed by atoms with Gasteiger partial charge in [0.15, 0.2) is 0 Å². The maximum absolute atomic E-state index is 12.1. The van der Waals surface area contributed by atoms with E-state index in [4.69, 9.17) is 28.8 Å². The van der Waals surface area contributed by atoms with Crippen LogP contribution in [-0.2, 0) is 19.1 Å². The zero-order chi connectivity index (χ0) is 24.9. The van der Waals surface area contributed by atoms with E-state index in [2.05, 4.69) is 16.0 Å². The fourth-order valence-corrected chi connectivity index (χ4v) is 2.54. The van der Waals surface area contributed by atoms with Gasteiger partial charge < -0.3 is 24.1 Å². The van der Waals surface area contributed by atoms with Gasteiger partial charge in [0.1, 0.15) is 29.5 Å². The number of hydrogen-bond donors (Lipinski definition) is 1. The van der Waals surface area contributed by atoms with Gasteiger partial charge in [-0.05, 0) is 18.2 Å². The quantitative estimate of drug-likeness (QED) is 0.308. The van der Waals surface area contributed by atoms with Gasteiger partial charge in [-0.3, -0.25) is 4.79 Å². The molecule has 1 heterocycles. The van der Waals surface area contributed by atoms with Gasteiger partial charge in [0.25, 0.3) is 5.97 Å². The molecular weight excluding hydrogens is 442 g/mol. The zero-order valence-electron chi connectivity index (χ0n) is 18.6. The fourth-order valence-electron chi connectivity index (χ4n) is 2.54. The van der Waals surface area contributed by atoms with Crippen LogP contribution in [0, 0.1) is 11.3 Å². The number of esters is 1. The lowest BCUT2D eigenvalue weighted by molar-refractivity contribution is -0.135. The third-order valence-electron chi connectivity index (χ3n) is 3.87. The van der Waals surface area contributed by atoms with Crippen LogP contribution in [0.4, 0.5) is 0 Å². The number of ether oxygens (including phenoxy) is 4. The molecule has 3 rings (SSSR count). The van der Waals surface area contributed by atoms with Crippen LogP contribution in [0.3, 0.4) is 0 Å². The zero-order valence-corrected chi connectivity index (χ0v) is 18.6. The lowest BCUT2D eigenvalue weighted by Crippen LogP contribution is -2.06. The molecule has 3 aromatic rings. The maximum Gasteiger partial charge on any atom is 0.341 e. The first-order valence-electron chi connectivity index (χ1n) is 9.66. The molecule has 0 aliphatic heterocycles. The molecule has 10 nitrogen and oxygen atoms in total. The molecule has 0 bridgehead atoms. The van der Waals surface area contributed by atoms with E-state index in [1.807, 2.05) is 0 Å². The summed E-state index contributed by atoms with van der Waals surface area (Å²) in [6.45, 7) is 1.08. The number of aliphatic carboxylic acids is 1. The molecule has 0 fully saturated rings. The van der Waals surface area contributed by atoms with Crippen molar-refractivity contribution in [1.82, 2.24) is 9.97 Å². The van der Waals surface area contributed by atoms with Crippen LogP contribution >= 0.6 is 0 Å². The second kappa shape index (κ2) is 12.8. The van der Waals surface area contributed by atoms with Crippen molar-refractivity contribution in [2.24, 2.45) is 0 Å². The molecule has 174 valence electrons. The number of nitriles is 1. The minimum atomic E-state index is -0.833. The number of benzene rings is 2. The van der Waals surface area contributed by atoms with E-state index >= 15 is 0 Å². The molecule has 10 heteroatoms. The molecule has 0 aliphatic carbocycles. The Bertz CT molecular complexity index is 1210. The van der Waals surface area contributed by atoms with Crippen LogP contribution in [0.25, 0.3) is 5.57 Å². The number of rotatable bonds is 7. The summed E-state index contributed by atoms with van der Waals surface area (Å²) in [6, 6.07) is 17.2. The summed E-state index contributed by atoms with van der Waals surface area (Å²) in [7, 11) is 2.71. The second-order valence-electron chi connectivity index (χ2n) is 6.28. The normalized spacial score (nSPS) is 10.1. The summed E-state index contributed by atoms with van der Waals surface area (Å²) in [4.78, 5) is 29.3. The van der Waals surface area contributed by atoms with Crippen LogP contribution in [0.15, 0.2) is 67.2 Å². The molecule has 0 radical (unpaired) electrons. The van der Waals surface area contributed by atoms with Gasteiger partial charge in [-0.1, -0.05) is 30.3 Å². The van der Waals surface area contributed by atoms with Gasteiger partial charge in [0.05, 0.1) is 32.1 Å². The number of hydrogen-bond acceptors (Lipinski definition) is 9. The Morgan fingerprint density at radius 3 is 2.12 bits per heavy atom. The number of carbonyl (C=O) groups is 2. The van der Waals surface area contributed by atoms with Gasteiger partial charge in [0.2, 0.25) is 11.8 Å². The van der Waals surface area contributed by atoms with E-state index in [9.17, 15) is 10.1 Å². The molecule has 2 aromatic carbocycles. The Morgan fingerprint density at radius 2 is 1.53 bits per heavy atom. The minimum absolute atomic E-state index is 0.184. The number of aromatic nitrogens is 2. The molecule has 0 spiro atoms. The van der Waals surface area contributed by atoms with E-state index in [1.54, 1.807) is 48.5 Å². The van der Waals surface area contributed by atoms with Gasteiger partial charge in [-0.15, -0.1) is 0 Å². The summed E-state index contributed by atoms with van der Waals surface area (Å²) in [5, 5.41) is 16.6. The average molecular weight is 463 g/mol. The number of para-hydroxylation sites is 2. The molecule has 0 aliphatic rings. The monoisotopic (exact) mass is 463 g/mol. The van der Waals surface area contributed by atoms with Crippen LogP contribution in [-0.4, -0.2) is 41.2 Å². The predicted octanol–water partition coefficient (Wildman–Crippen LogP) is 4.18. The molecular formula is C24H21N3O7. The second-order valence-corrected chi connectivity index (χ2v) is 6.28. The van der Waals surface area contributed by atoms with Crippen molar-refractivity contribution in [2.45, 2.75) is 6.92 Å². The number of carboxylic acid groups (broad SMARTS) is 1. The molecule has 0 unspecified atom stereocenters. The smallest absolute Gasteiger partial charge is 0.341 e. The Balaban J connectivity index is 0.000000945. The first-order chi connectivity index (χ1) is 16.4. The minimum Gasteiger partial charge on any atom is -0.503 e. The Hall–Kier alpha value is -4.91. The van der Waals surface area contributed by atoms with Crippen molar-refractivity contribution < 1.29 is 33.6 Å². The molecule has 34 heavy (non-hydrogen) atoms. The Kier molecular flexibility index (Phi) is 9.56. The lowest BCUT2D eigenvalue weighted by Gasteiger charge is -2.12. The summed E-state index contributed by atoms with van der Waals surface area (Å²) in [6.07, 6.45) is 2.55. The van der Waals surface area contributed by atoms with Gasteiger partial charge in [-0.25, -0.2) is 14.8 Å². The standard InChI is InChI=1S/C22H17N3O5.C2H4O2/c1-27-13-17(22(26)28-2)16-8-4-6-10-19(16)30-21-11-20(24-14-25-21)29-18-9-5-3-7-15(18)12-23;1-2(3)4/h3-11,13-14H,1-2H3;1H3,(H,3,4)/b17-13+;. The van der Waals surface area contributed by atoms with E-state index in [0.717, 1.165) is 6.92 Å². The highest BCUT2D eigenvalue weighted by atomic mass is 16.5. The van der Waals surface area contributed by atoms with Crippen molar-refractivity contribution >= 4 is 17.5 Å². The Morgan fingerprint density at radius 1 is 0.971 bits per heavy atom. The molecule has 0 atom stereocenters. The van der Waals surface area contributed by atoms with Crippen molar-refractivity contribution in [1.29, 1.82) is 5.26 Å². The van der Waals surface area contributed by atoms with E-state index < -0.39 is 11.9 Å². The SMILES string of the molecule is CC(=O)O.CO/C=C(/C(=O)OC)c1ccccc1Oc1cc(Oc2ccccc2C#N)ncn1. The van der Waals surface area contributed by atoms with Crippen LogP contribution in [0.2, 0.25) is 0 Å². The van der Waals surface area contributed by atoms with E-state index in [1.165, 1.54) is 32.9 Å². The highest BCUT2D eigenvalue weighted by Crippen LogP contribution is 2.32. The molecule has 0 saturated heterocycles. The van der Waals surface area contributed by atoms with Crippen LogP contribution in [0.1, 0.15) is 18.1 Å². The molecule has 1 N–H and O–H groups in total. The highest BCUT2D eigenvalue weighted by molar-refractivity contribution is 6.17. The van der Waals surface area contributed by atoms with Gasteiger partial charge in [-0.2, -0.15) is 5.26 Å². The van der Waals surface area contributed by atoms with E-state index in [0.29, 0.717) is 22.6 Å². The van der Waals surface area contributed by atoms with E-state index in [-0.39, 0.29) is 17.3 Å². The average Bonchev–Trinajstić information content (AvgIpc) is 2.83. The maximum atomic E-state index is 12.1. The van der Waals surface area contributed by atoms with Crippen LogP contribution in [0.5, 0.6) is 23.3 Å². The predicted molar refractivity (Wildman–Crippen MR) is 120 cm³/mol. The van der Waals surface area contributed by atoms with Crippen molar-refractivity contribution in [3.63, 3.8) is 0 Å². The summed E-state index contributed by atoms with van der Waals surface area (Å²) in [5.74, 6) is -0.314. The largest absolute Gasteiger partial charge is 0.503 e. The first kappa shape index (κ1) is 25.4. The number of methoxy groups -OCH3 is 2. The lowest BCUT2D eigenvalue weighted by atomic mass is 10.1. The van der Waals surface area contributed by atoms with Crippen molar-refractivity contribution in [2.75, 3.05) is 14.2 Å². The third-order valence-corrected chi connectivity index (χ3v) is 3.87. The van der Waals surface area contributed by atoms with Gasteiger partial charge in [0, 0.05) is 12.5 Å². The third kappa shape index (κ3) is 7.35. The number of nitrogens with zero attached hydrogens (tertiary/aromatic N) is 3. The number of carbonyl (C=O) groups excluding carboxylic acids is 1. The molecule has 0 amide bonds. The highest BCUT2D eigenvalue weighted by Gasteiger charge is 2.18. The summed E-state index contributed by atoms with van der Waals surface area (Å²) in [5.41, 5.74) is 1.02. The van der Waals surface area contributed by atoms with Gasteiger partial charge >= 0.3 is 5.97 Å². The first-order valence-corrected chi connectivity index (χ1v) is 9.66.